The number of hydrogen-bond donors (Lipinski definition) is 0. The molecule has 1 saturated carbocycles. The lowest BCUT2D eigenvalue weighted by atomic mass is 9.64. The van der Waals surface area contributed by atoms with Gasteiger partial charge in [0.2, 0.25) is 0 Å². The van der Waals surface area contributed by atoms with Crippen LogP contribution in [0.25, 0.3) is 22.7 Å². The van der Waals surface area contributed by atoms with Gasteiger partial charge >= 0.3 is 0 Å². The lowest BCUT2D eigenvalue weighted by Crippen LogP contribution is -2.46. The van der Waals surface area contributed by atoms with Gasteiger partial charge in [0, 0.05) is 51.9 Å². The molecule has 2 aromatic carbocycles. The van der Waals surface area contributed by atoms with Crippen molar-refractivity contribution in [2.45, 2.75) is 76.8 Å². The number of nitriles is 3. The fourth-order valence-corrected chi connectivity index (χ4v) is 9.03. The summed E-state index contributed by atoms with van der Waals surface area (Å²) >= 11 is 0. The quantitative estimate of drug-likeness (QED) is 0.269. The highest BCUT2D eigenvalue weighted by atomic mass is 15.2. The van der Waals surface area contributed by atoms with Crippen molar-refractivity contribution in [2.24, 2.45) is 17.8 Å². The topological polar surface area (TPSA) is 79.5 Å². The van der Waals surface area contributed by atoms with Crippen LogP contribution < -0.4 is 4.90 Å². The summed E-state index contributed by atoms with van der Waals surface area (Å²) in [5.41, 5.74) is 9.02. The van der Waals surface area contributed by atoms with Crippen molar-refractivity contribution in [3.05, 3.63) is 101 Å². The van der Waals surface area contributed by atoms with Crippen molar-refractivity contribution in [3.8, 4) is 18.2 Å². The molecule has 1 fully saturated rings. The molecule has 3 aliphatic carbocycles. The molecule has 224 valence electrons. The van der Waals surface area contributed by atoms with Crippen LogP contribution in [0.5, 0.6) is 0 Å². The van der Waals surface area contributed by atoms with E-state index >= 15 is 0 Å². The summed E-state index contributed by atoms with van der Waals surface area (Å²) < 4.78 is 2.50. The van der Waals surface area contributed by atoms with E-state index in [0.717, 1.165) is 43.9 Å². The lowest BCUT2D eigenvalue weighted by Gasteiger charge is -2.45. The smallest absolute Gasteiger partial charge is 0.0991 e. The third-order valence-corrected chi connectivity index (χ3v) is 10.9. The average Bonchev–Trinajstić information content (AvgIpc) is 3.59. The molecule has 45 heavy (non-hydrogen) atoms. The molecular formula is C40H39N5. The Morgan fingerprint density at radius 3 is 2.67 bits per heavy atom. The number of benzene rings is 2. The molecule has 0 spiro atoms. The average molecular weight is 590 g/mol. The van der Waals surface area contributed by atoms with Crippen LogP contribution in [0, 0.1) is 51.7 Å². The monoisotopic (exact) mass is 589 g/mol. The van der Waals surface area contributed by atoms with Gasteiger partial charge in [0.1, 0.15) is 0 Å². The van der Waals surface area contributed by atoms with Gasteiger partial charge in [-0.3, -0.25) is 0 Å². The van der Waals surface area contributed by atoms with E-state index < -0.39 is 0 Å². The normalized spacial score (nSPS) is 25.6. The van der Waals surface area contributed by atoms with Gasteiger partial charge in [-0.25, -0.2) is 0 Å². The molecule has 7 rings (SSSR count). The van der Waals surface area contributed by atoms with Gasteiger partial charge < -0.3 is 9.47 Å². The predicted octanol–water partition coefficient (Wildman–Crippen LogP) is 9.03. The molecule has 5 unspecified atom stereocenters. The fraction of sp³-hybridized carbons (Fsp3) is 0.375. The van der Waals surface area contributed by atoms with E-state index in [2.05, 4.69) is 101 Å². The second-order valence-electron chi connectivity index (χ2n) is 13.1. The third-order valence-electron chi connectivity index (χ3n) is 10.9. The van der Waals surface area contributed by atoms with Crippen molar-refractivity contribution >= 4 is 28.4 Å². The summed E-state index contributed by atoms with van der Waals surface area (Å²) in [6.07, 6.45) is 22.5. The third kappa shape index (κ3) is 4.72. The first kappa shape index (κ1) is 29.0. The van der Waals surface area contributed by atoms with E-state index in [-0.39, 0.29) is 12.0 Å². The molecule has 2 heterocycles. The minimum absolute atomic E-state index is 0.116. The van der Waals surface area contributed by atoms with Crippen LogP contribution >= 0.6 is 0 Å². The summed E-state index contributed by atoms with van der Waals surface area (Å²) in [5.74, 6) is 1.35. The SMILES string of the molecule is C/C=C\CC(CC#N)N1c2ccc(C#N)cc2C2C(C3C=CC=C(n4c5c(c6cc(C#N)ccc64)C=CCC5)[C@@H]3C)CCCC21. The summed E-state index contributed by atoms with van der Waals surface area (Å²) in [6.45, 7) is 4.44. The zero-order valence-corrected chi connectivity index (χ0v) is 26.2. The first-order valence-electron chi connectivity index (χ1n) is 16.5. The van der Waals surface area contributed by atoms with Crippen LogP contribution in [-0.2, 0) is 6.42 Å². The number of hydrogen-bond acceptors (Lipinski definition) is 4. The summed E-state index contributed by atoms with van der Waals surface area (Å²) in [4.78, 5) is 2.57. The first-order chi connectivity index (χ1) is 22.1. The van der Waals surface area contributed by atoms with E-state index in [4.69, 9.17) is 0 Å². The van der Waals surface area contributed by atoms with Gasteiger partial charge in [-0.05, 0) is 98.9 Å². The minimum atomic E-state index is 0.116. The first-order valence-corrected chi connectivity index (χ1v) is 16.5. The predicted molar refractivity (Wildman–Crippen MR) is 181 cm³/mol. The molecule has 5 nitrogen and oxygen atoms in total. The lowest BCUT2D eigenvalue weighted by molar-refractivity contribution is 0.196. The minimum Gasteiger partial charge on any atom is -0.363 e. The molecule has 1 aliphatic heterocycles. The molecule has 4 aliphatic rings. The van der Waals surface area contributed by atoms with E-state index in [1.54, 1.807) is 0 Å². The van der Waals surface area contributed by atoms with Gasteiger partial charge in [-0.15, -0.1) is 0 Å². The van der Waals surface area contributed by atoms with Crippen LogP contribution in [-0.4, -0.2) is 16.7 Å². The van der Waals surface area contributed by atoms with Crippen LogP contribution in [0.1, 0.15) is 86.2 Å². The van der Waals surface area contributed by atoms with E-state index in [9.17, 15) is 15.8 Å². The van der Waals surface area contributed by atoms with E-state index in [1.165, 1.54) is 33.7 Å². The molecular weight excluding hydrogens is 550 g/mol. The zero-order valence-electron chi connectivity index (χ0n) is 26.2. The Kier molecular flexibility index (Phi) is 7.69. The highest BCUT2D eigenvalue weighted by molar-refractivity contribution is 5.95. The van der Waals surface area contributed by atoms with Crippen molar-refractivity contribution in [3.63, 3.8) is 0 Å². The highest BCUT2D eigenvalue weighted by Gasteiger charge is 2.49. The number of fused-ring (bicyclic) bond motifs is 6. The maximum atomic E-state index is 9.89. The van der Waals surface area contributed by atoms with Crippen LogP contribution in [0.4, 0.5) is 5.69 Å². The Morgan fingerprint density at radius 2 is 1.87 bits per heavy atom. The van der Waals surface area contributed by atoms with Crippen molar-refractivity contribution in [1.82, 2.24) is 4.57 Å². The summed E-state index contributed by atoms with van der Waals surface area (Å²) in [7, 11) is 0. The molecule has 3 aromatic rings. The van der Waals surface area contributed by atoms with Gasteiger partial charge in [-0.2, -0.15) is 15.8 Å². The molecule has 0 N–H and O–H groups in total. The molecule has 5 heteroatoms. The van der Waals surface area contributed by atoms with Crippen LogP contribution in [0.15, 0.2) is 72.9 Å². The Labute approximate surface area is 266 Å². The molecule has 0 amide bonds. The van der Waals surface area contributed by atoms with Crippen LogP contribution in [0.2, 0.25) is 0 Å². The van der Waals surface area contributed by atoms with Gasteiger partial charge in [0.05, 0.1) is 41.3 Å². The number of aromatic nitrogens is 1. The molecule has 0 saturated heterocycles. The van der Waals surface area contributed by atoms with E-state index in [1.807, 2.05) is 19.1 Å². The van der Waals surface area contributed by atoms with Crippen molar-refractivity contribution in [2.75, 3.05) is 4.90 Å². The summed E-state index contributed by atoms with van der Waals surface area (Å²) in [5, 5.41) is 30.5. The number of rotatable bonds is 6. The second-order valence-corrected chi connectivity index (χ2v) is 13.1. The van der Waals surface area contributed by atoms with Crippen molar-refractivity contribution in [1.29, 1.82) is 15.8 Å². The molecule has 1 aromatic heterocycles. The van der Waals surface area contributed by atoms with Gasteiger partial charge in [0.15, 0.2) is 0 Å². The Bertz CT molecular complexity index is 1900. The molecule has 0 bridgehead atoms. The Hall–Kier alpha value is -4.79. The van der Waals surface area contributed by atoms with Crippen LogP contribution in [0.3, 0.4) is 0 Å². The van der Waals surface area contributed by atoms with Gasteiger partial charge in [-0.1, -0.05) is 49.8 Å². The highest BCUT2D eigenvalue weighted by Crippen LogP contribution is 2.56. The maximum absolute atomic E-state index is 9.89. The fourth-order valence-electron chi connectivity index (χ4n) is 9.03. The molecule has 0 radical (unpaired) electrons. The maximum Gasteiger partial charge on any atom is 0.0991 e. The van der Waals surface area contributed by atoms with Crippen molar-refractivity contribution < 1.29 is 0 Å². The number of anilines is 1. The van der Waals surface area contributed by atoms with Gasteiger partial charge in [0.25, 0.3) is 0 Å². The summed E-state index contributed by atoms with van der Waals surface area (Å²) in [6, 6.07) is 20.0. The second kappa shape index (κ2) is 12.0. The Balaban J connectivity index is 1.30. The largest absolute Gasteiger partial charge is 0.363 e. The zero-order chi connectivity index (χ0) is 31.1. The van der Waals surface area contributed by atoms with E-state index in [0.29, 0.717) is 41.3 Å². The number of allylic oxidation sites excluding steroid dienone is 6. The standard InChI is InChI=1S/C40H39N5/c1-3-4-9-29(20-21-41)44-38-19-17-28(25-43)23-34(38)40-32(12-8-15-39(40)44)30-11-7-14-35(26(30)2)45-36-13-6-5-10-31(36)33-22-27(24-42)16-18-37(33)45/h3-5,7,10-11,14,16-19,22-23,26,29-30,32,39-40H,6,8-9,12-13,15,20H2,1-2H3/b4-3-/t26-,29?,30?,32?,39?,40?/m1/s1. The Morgan fingerprint density at radius 1 is 1.04 bits per heavy atom. The molecule has 6 atom stereocenters. The number of nitrogens with zero attached hydrogens (tertiary/aromatic N) is 5.